The number of amides is 2. The van der Waals surface area contributed by atoms with Crippen molar-refractivity contribution in [2.45, 2.75) is 13.0 Å². The lowest BCUT2D eigenvalue weighted by Gasteiger charge is -2.10. The molecule has 7 nitrogen and oxygen atoms in total. The summed E-state index contributed by atoms with van der Waals surface area (Å²) in [5, 5.41) is 12.6. The number of benzene rings is 1. The van der Waals surface area contributed by atoms with Gasteiger partial charge in [0.1, 0.15) is 11.1 Å². The Morgan fingerprint density at radius 1 is 1.42 bits per heavy atom. The van der Waals surface area contributed by atoms with Gasteiger partial charge in [0.25, 0.3) is 11.6 Å². The summed E-state index contributed by atoms with van der Waals surface area (Å²) in [7, 11) is 0. The van der Waals surface area contributed by atoms with Crippen LogP contribution in [-0.4, -0.2) is 22.8 Å². The molecule has 0 spiro atoms. The molecule has 1 aromatic rings. The van der Waals surface area contributed by atoms with Gasteiger partial charge in [-0.15, -0.1) is 0 Å². The van der Waals surface area contributed by atoms with E-state index in [4.69, 9.17) is 28.9 Å². The van der Waals surface area contributed by atoms with E-state index in [0.717, 1.165) is 6.07 Å². The average Bonchev–Trinajstić information content (AvgIpc) is 2.31. The molecule has 0 fully saturated rings. The lowest BCUT2D eigenvalue weighted by molar-refractivity contribution is -0.384. The first-order valence-corrected chi connectivity index (χ1v) is 5.73. The van der Waals surface area contributed by atoms with Gasteiger partial charge in [0.15, 0.2) is 0 Å². The average molecular weight is 306 g/mol. The molecule has 0 bridgehead atoms. The highest BCUT2D eigenvalue weighted by Gasteiger charge is 2.21. The number of nitrogens with two attached hydrogens (primary N) is 1. The molecule has 9 heteroatoms. The third-order valence-corrected chi connectivity index (χ3v) is 3.03. The molecule has 0 aromatic heterocycles. The number of hydrogen-bond donors (Lipinski definition) is 2. The van der Waals surface area contributed by atoms with Crippen molar-refractivity contribution in [3.63, 3.8) is 0 Å². The maximum atomic E-state index is 11.8. The topological polar surface area (TPSA) is 115 Å². The largest absolute Gasteiger partial charge is 0.368 e. The van der Waals surface area contributed by atoms with Crippen molar-refractivity contribution in [2.24, 2.45) is 5.73 Å². The molecule has 0 radical (unpaired) electrons. The van der Waals surface area contributed by atoms with Crippen LogP contribution in [0.2, 0.25) is 10.0 Å². The number of nitro groups is 1. The van der Waals surface area contributed by atoms with E-state index in [0.29, 0.717) is 0 Å². The molecule has 3 N–H and O–H groups in total. The molecule has 0 aliphatic heterocycles. The van der Waals surface area contributed by atoms with Gasteiger partial charge in [0.05, 0.1) is 9.95 Å². The van der Waals surface area contributed by atoms with Gasteiger partial charge < -0.3 is 11.1 Å². The minimum absolute atomic E-state index is 0.0887. The zero-order valence-electron chi connectivity index (χ0n) is 9.65. The van der Waals surface area contributed by atoms with Gasteiger partial charge in [0.2, 0.25) is 5.91 Å². The van der Waals surface area contributed by atoms with E-state index in [-0.39, 0.29) is 15.6 Å². The Morgan fingerprint density at radius 3 is 2.47 bits per heavy atom. The number of hydrogen-bond acceptors (Lipinski definition) is 4. The second-order valence-corrected chi connectivity index (χ2v) is 4.43. The summed E-state index contributed by atoms with van der Waals surface area (Å²) in [6, 6.07) is 1.22. The first-order chi connectivity index (χ1) is 8.73. The van der Waals surface area contributed by atoms with Gasteiger partial charge in [-0.2, -0.15) is 0 Å². The summed E-state index contributed by atoms with van der Waals surface area (Å²) in [6.07, 6.45) is 0. The molecule has 1 atom stereocenters. The van der Waals surface area contributed by atoms with Crippen molar-refractivity contribution in [3.8, 4) is 0 Å². The molecule has 0 aliphatic carbocycles. The summed E-state index contributed by atoms with van der Waals surface area (Å²) < 4.78 is 0. The molecule has 0 saturated carbocycles. The zero-order valence-corrected chi connectivity index (χ0v) is 11.2. The molecule has 0 saturated heterocycles. The molecule has 1 aromatic carbocycles. The predicted molar refractivity (Wildman–Crippen MR) is 69.2 cm³/mol. The van der Waals surface area contributed by atoms with E-state index in [2.05, 4.69) is 5.32 Å². The van der Waals surface area contributed by atoms with Crippen molar-refractivity contribution in [1.82, 2.24) is 5.32 Å². The Balaban J connectivity index is 3.11. The number of halogens is 2. The van der Waals surface area contributed by atoms with Gasteiger partial charge in [-0.05, 0) is 13.0 Å². The fourth-order valence-corrected chi connectivity index (χ4v) is 1.58. The summed E-state index contributed by atoms with van der Waals surface area (Å²) in [5.41, 5.74) is 4.40. The maximum Gasteiger partial charge on any atom is 0.290 e. The summed E-state index contributed by atoms with van der Waals surface area (Å²) in [5.74, 6) is -1.45. The van der Waals surface area contributed by atoms with Crippen LogP contribution in [-0.2, 0) is 4.79 Å². The highest BCUT2D eigenvalue weighted by atomic mass is 35.5. The van der Waals surface area contributed by atoms with E-state index < -0.39 is 28.5 Å². The number of carbonyl (C=O) groups is 2. The van der Waals surface area contributed by atoms with E-state index in [1.165, 1.54) is 13.0 Å². The van der Waals surface area contributed by atoms with Crippen molar-refractivity contribution < 1.29 is 14.5 Å². The Kier molecular flexibility index (Phi) is 4.68. The third-order valence-electron chi connectivity index (χ3n) is 2.24. The molecular weight excluding hydrogens is 297 g/mol. The van der Waals surface area contributed by atoms with Crippen LogP contribution < -0.4 is 11.1 Å². The van der Waals surface area contributed by atoms with Crippen LogP contribution in [0.4, 0.5) is 5.69 Å². The second-order valence-electron chi connectivity index (χ2n) is 3.65. The predicted octanol–water partition coefficient (Wildman–Crippen LogP) is 1.51. The molecule has 1 rings (SSSR count). The van der Waals surface area contributed by atoms with Crippen LogP contribution in [0.25, 0.3) is 0 Å². The highest BCUT2D eigenvalue weighted by Crippen LogP contribution is 2.33. The standard InChI is InChI=1S/C10H9Cl2N3O4/c1-4(9(13)16)14-10(17)5-2-6(11)8(12)7(3-5)15(18)19/h2-4H,1H3,(H2,13,16)(H,14,17). The molecular formula is C10H9Cl2N3O4. The van der Waals surface area contributed by atoms with Crippen LogP contribution in [0, 0.1) is 10.1 Å². The molecule has 102 valence electrons. The van der Waals surface area contributed by atoms with Crippen molar-refractivity contribution >= 4 is 40.7 Å². The second kappa shape index (κ2) is 5.85. The van der Waals surface area contributed by atoms with Crippen LogP contribution in [0.5, 0.6) is 0 Å². The molecule has 0 aliphatic rings. The Labute approximate surface area is 117 Å². The van der Waals surface area contributed by atoms with Gasteiger partial charge in [-0.25, -0.2) is 0 Å². The molecule has 1 unspecified atom stereocenters. The van der Waals surface area contributed by atoms with Gasteiger partial charge in [-0.1, -0.05) is 23.2 Å². The van der Waals surface area contributed by atoms with E-state index in [1.54, 1.807) is 0 Å². The number of nitrogens with one attached hydrogen (secondary N) is 1. The van der Waals surface area contributed by atoms with Crippen LogP contribution in [0.1, 0.15) is 17.3 Å². The minimum Gasteiger partial charge on any atom is -0.368 e. The summed E-state index contributed by atoms with van der Waals surface area (Å²) in [4.78, 5) is 32.5. The number of nitrogens with zero attached hydrogens (tertiary/aromatic N) is 1. The smallest absolute Gasteiger partial charge is 0.290 e. The fraction of sp³-hybridized carbons (Fsp3) is 0.200. The van der Waals surface area contributed by atoms with Gasteiger partial charge in [-0.3, -0.25) is 19.7 Å². The number of nitro benzene ring substituents is 1. The Hall–Kier alpha value is -1.86. The molecule has 2 amide bonds. The van der Waals surface area contributed by atoms with Crippen LogP contribution in [0.15, 0.2) is 12.1 Å². The SMILES string of the molecule is CC(NC(=O)c1cc(Cl)c(Cl)c([N+](=O)[O-])c1)C(N)=O. The van der Waals surface area contributed by atoms with Crippen molar-refractivity contribution in [1.29, 1.82) is 0 Å². The summed E-state index contributed by atoms with van der Waals surface area (Å²) >= 11 is 11.3. The maximum absolute atomic E-state index is 11.8. The van der Waals surface area contributed by atoms with E-state index in [1.807, 2.05) is 0 Å². The Morgan fingerprint density at radius 2 is 2.00 bits per heavy atom. The van der Waals surface area contributed by atoms with Gasteiger partial charge >= 0.3 is 0 Å². The highest BCUT2D eigenvalue weighted by molar-refractivity contribution is 6.43. The van der Waals surface area contributed by atoms with E-state index in [9.17, 15) is 19.7 Å². The third kappa shape index (κ3) is 3.55. The number of primary amides is 1. The first-order valence-electron chi connectivity index (χ1n) is 4.97. The number of rotatable bonds is 4. The molecule has 0 heterocycles. The monoisotopic (exact) mass is 305 g/mol. The quantitative estimate of drug-likeness (QED) is 0.647. The fourth-order valence-electron chi connectivity index (χ4n) is 1.19. The van der Waals surface area contributed by atoms with Crippen molar-refractivity contribution in [3.05, 3.63) is 37.9 Å². The summed E-state index contributed by atoms with van der Waals surface area (Å²) in [6.45, 7) is 1.38. The van der Waals surface area contributed by atoms with Gasteiger partial charge in [0, 0.05) is 11.6 Å². The van der Waals surface area contributed by atoms with Crippen molar-refractivity contribution in [2.75, 3.05) is 0 Å². The number of carbonyl (C=O) groups excluding carboxylic acids is 2. The zero-order chi connectivity index (χ0) is 14.7. The lowest BCUT2D eigenvalue weighted by Crippen LogP contribution is -2.42. The van der Waals surface area contributed by atoms with E-state index >= 15 is 0 Å². The van der Waals surface area contributed by atoms with Crippen LogP contribution >= 0.6 is 23.2 Å². The molecule has 19 heavy (non-hydrogen) atoms. The normalized spacial score (nSPS) is 11.7. The first kappa shape index (κ1) is 15.2. The Bertz CT molecular complexity index is 562. The minimum atomic E-state index is -0.916. The lowest BCUT2D eigenvalue weighted by atomic mass is 10.1. The van der Waals surface area contributed by atoms with Crippen LogP contribution in [0.3, 0.4) is 0 Å².